The summed E-state index contributed by atoms with van der Waals surface area (Å²) in [5, 5.41) is 2.96. The van der Waals surface area contributed by atoms with E-state index < -0.39 is 0 Å². The Morgan fingerprint density at radius 3 is 2.21 bits per heavy atom. The Balaban J connectivity index is 2.47. The van der Waals surface area contributed by atoms with Gasteiger partial charge in [-0.3, -0.25) is 4.79 Å². The lowest BCUT2D eigenvalue weighted by Crippen LogP contribution is -2.37. The van der Waals surface area contributed by atoms with Crippen LogP contribution in [0.2, 0.25) is 0 Å². The Morgan fingerprint density at radius 2 is 1.68 bits per heavy atom. The van der Waals surface area contributed by atoms with E-state index in [2.05, 4.69) is 36.1 Å². The molecule has 0 unspecified atom stereocenters. The Hall–Kier alpha value is -1.45. The van der Waals surface area contributed by atoms with Crippen molar-refractivity contribution in [1.82, 2.24) is 15.3 Å². The Morgan fingerprint density at radius 1 is 1.11 bits per heavy atom. The highest BCUT2D eigenvalue weighted by molar-refractivity contribution is 5.81. The number of carbonyl (C=O) groups excluding carboxylic acids is 1. The molecule has 0 saturated heterocycles. The normalized spacial score (nSPS) is 12.3. The first kappa shape index (κ1) is 15.6. The standard InChI is InChI=1S/C15H25N3O/c1-14(2,3)6-7-15(4,5)13(19)18-10-12-8-16-11-17-9-12/h8-9,11H,6-7,10H2,1-5H3,(H,18,19). The Kier molecular flexibility index (Phi) is 5.04. The van der Waals surface area contributed by atoms with Crippen LogP contribution < -0.4 is 5.32 Å². The summed E-state index contributed by atoms with van der Waals surface area (Å²) in [6.07, 6.45) is 6.83. The molecule has 106 valence electrons. The fourth-order valence-corrected chi connectivity index (χ4v) is 1.64. The second kappa shape index (κ2) is 6.13. The molecular weight excluding hydrogens is 238 g/mol. The lowest BCUT2D eigenvalue weighted by Gasteiger charge is -2.27. The van der Waals surface area contributed by atoms with Crippen molar-refractivity contribution in [1.29, 1.82) is 0 Å². The van der Waals surface area contributed by atoms with Gasteiger partial charge < -0.3 is 5.32 Å². The van der Waals surface area contributed by atoms with E-state index in [1.54, 1.807) is 12.4 Å². The summed E-state index contributed by atoms with van der Waals surface area (Å²) in [5.74, 6) is 0.0839. The first-order valence-corrected chi connectivity index (χ1v) is 6.73. The van der Waals surface area contributed by atoms with Crippen LogP contribution in [0.3, 0.4) is 0 Å². The molecule has 0 spiro atoms. The number of aromatic nitrogens is 2. The van der Waals surface area contributed by atoms with Gasteiger partial charge in [-0.2, -0.15) is 0 Å². The second-order valence-electron chi connectivity index (χ2n) is 6.87. The van der Waals surface area contributed by atoms with E-state index >= 15 is 0 Å². The van der Waals surface area contributed by atoms with Gasteiger partial charge in [-0.1, -0.05) is 34.6 Å². The lowest BCUT2D eigenvalue weighted by atomic mass is 9.79. The maximum absolute atomic E-state index is 12.2. The Labute approximate surface area is 116 Å². The van der Waals surface area contributed by atoms with Crippen LogP contribution in [-0.2, 0) is 11.3 Å². The summed E-state index contributed by atoms with van der Waals surface area (Å²) < 4.78 is 0. The van der Waals surface area contributed by atoms with Gasteiger partial charge in [-0.15, -0.1) is 0 Å². The summed E-state index contributed by atoms with van der Waals surface area (Å²) in [6, 6.07) is 0. The molecule has 1 heterocycles. The minimum absolute atomic E-state index is 0.0839. The molecule has 0 radical (unpaired) electrons. The van der Waals surface area contributed by atoms with E-state index in [0.29, 0.717) is 6.54 Å². The van der Waals surface area contributed by atoms with Crippen LogP contribution in [0.15, 0.2) is 18.7 Å². The summed E-state index contributed by atoms with van der Waals surface area (Å²) in [4.78, 5) is 20.1. The molecular formula is C15H25N3O. The topological polar surface area (TPSA) is 54.9 Å². The molecule has 0 saturated carbocycles. The monoisotopic (exact) mass is 263 g/mol. The number of nitrogens with zero attached hydrogens (tertiary/aromatic N) is 2. The molecule has 4 heteroatoms. The number of carbonyl (C=O) groups is 1. The number of amides is 1. The average Bonchev–Trinajstić information content (AvgIpc) is 2.34. The number of rotatable bonds is 5. The maximum Gasteiger partial charge on any atom is 0.225 e. The van der Waals surface area contributed by atoms with Crippen LogP contribution in [-0.4, -0.2) is 15.9 Å². The van der Waals surface area contributed by atoms with Gasteiger partial charge in [0.15, 0.2) is 0 Å². The van der Waals surface area contributed by atoms with Gasteiger partial charge in [0.25, 0.3) is 0 Å². The van der Waals surface area contributed by atoms with Gasteiger partial charge >= 0.3 is 0 Å². The first-order valence-electron chi connectivity index (χ1n) is 6.73. The molecule has 0 aliphatic rings. The lowest BCUT2D eigenvalue weighted by molar-refractivity contribution is -0.130. The molecule has 1 aromatic heterocycles. The molecule has 0 atom stereocenters. The summed E-state index contributed by atoms with van der Waals surface area (Å²) in [7, 11) is 0. The molecule has 0 fully saturated rings. The SMILES string of the molecule is CC(C)(C)CCC(C)(C)C(=O)NCc1cncnc1. The van der Waals surface area contributed by atoms with E-state index in [0.717, 1.165) is 18.4 Å². The zero-order valence-corrected chi connectivity index (χ0v) is 12.7. The smallest absolute Gasteiger partial charge is 0.225 e. The van der Waals surface area contributed by atoms with Crippen LogP contribution in [0.5, 0.6) is 0 Å². The van der Waals surface area contributed by atoms with Crippen LogP contribution in [0.1, 0.15) is 53.0 Å². The quantitative estimate of drug-likeness (QED) is 0.888. The van der Waals surface area contributed by atoms with Crippen molar-refractivity contribution < 1.29 is 4.79 Å². The maximum atomic E-state index is 12.2. The predicted molar refractivity (Wildman–Crippen MR) is 76.3 cm³/mol. The van der Waals surface area contributed by atoms with Crippen LogP contribution in [0.25, 0.3) is 0 Å². The molecule has 1 N–H and O–H groups in total. The fraction of sp³-hybridized carbons (Fsp3) is 0.667. The van der Waals surface area contributed by atoms with Crippen LogP contribution in [0, 0.1) is 10.8 Å². The number of hydrogen-bond acceptors (Lipinski definition) is 3. The summed E-state index contributed by atoms with van der Waals surface area (Å²) in [5.41, 5.74) is 0.829. The van der Waals surface area contributed by atoms with Crippen molar-refractivity contribution in [3.8, 4) is 0 Å². The van der Waals surface area contributed by atoms with Gasteiger partial charge in [0, 0.05) is 29.9 Å². The average molecular weight is 263 g/mol. The van der Waals surface area contributed by atoms with Crippen LogP contribution in [0.4, 0.5) is 0 Å². The first-order chi connectivity index (χ1) is 8.71. The Bertz CT molecular complexity index is 407. The van der Waals surface area contributed by atoms with Crippen molar-refractivity contribution in [2.45, 2.75) is 54.0 Å². The van der Waals surface area contributed by atoms with Gasteiger partial charge in [0.05, 0.1) is 0 Å². The third-order valence-electron chi connectivity index (χ3n) is 3.18. The molecule has 0 aromatic carbocycles. The van der Waals surface area contributed by atoms with E-state index in [9.17, 15) is 4.79 Å². The van der Waals surface area contributed by atoms with Gasteiger partial charge in [0.1, 0.15) is 6.33 Å². The third kappa shape index (κ3) is 5.81. The van der Waals surface area contributed by atoms with Gasteiger partial charge in [0.2, 0.25) is 5.91 Å². The van der Waals surface area contributed by atoms with E-state index in [-0.39, 0.29) is 16.7 Å². The molecule has 0 aliphatic carbocycles. The third-order valence-corrected chi connectivity index (χ3v) is 3.18. The summed E-state index contributed by atoms with van der Waals surface area (Å²) >= 11 is 0. The minimum atomic E-state index is -0.344. The molecule has 1 amide bonds. The van der Waals surface area contributed by atoms with Crippen molar-refractivity contribution in [2.75, 3.05) is 0 Å². The predicted octanol–water partition coefficient (Wildman–Crippen LogP) is 2.95. The van der Waals surface area contributed by atoms with Crippen molar-refractivity contribution in [3.05, 3.63) is 24.3 Å². The number of hydrogen-bond donors (Lipinski definition) is 1. The highest BCUT2D eigenvalue weighted by Crippen LogP contribution is 2.30. The van der Waals surface area contributed by atoms with Gasteiger partial charge in [-0.25, -0.2) is 9.97 Å². The zero-order chi connectivity index (χ0) is 14.5. The fourth-order valence-electron chi connectivity index (χ4n) is 1.64. The van der Waals surface area contributed by atoms with Crippen molar-refractivity contribution in [2.24, 2.45) is 10.8 Å². The van der Waals surface area contributed by atoms with E-state index in [4.69, 9.17) is 0 Å². The van der Waals surface area contributed by atoms with Crippen molar-refractivity contribution in [3.63, 3.8) is 0 Å². The highest BCUT2D eigenvalue weighted by Gasteiger charge is 2.28. The van der Waals surface area contributed by atoms with Crippen molar-refractivity contribution >= 4 is 5.91 Å². The van der Waals surface area contributed by atoms with Crippen LogP contribution >= 0.6 is 0 Å². The minimum Gasteiger partial charge on any atom is -0.351 e. The molecule has 19 heavy (non-hydrogen) atoms. The zero-order valence-electron chi connectivity index (χ0n) is 12.7. The van der Waals surface area contributed by atoms with E-state index in [1.165, 1.54) is 6.33 Å². The number of nitrogens with one attached hydrogen (secondary N) is 1. The van der Waals surface area contributed by atoms with E-state index in [1.807, 2.05) is 13.8 Å². The molecule has 1 aromatic rings. The van der Waals surface area contributed by atoms with Gasteiger partial charge in [-0.05, 0) is 18.3 Å². The molecule has 1 rings (SSSR count). The second-order valence-corrected chi connectivity index (χ2v) is 6.87. The molecule has 0 bridgehead atoms. The molecule has 4 nitrogen and oxygen atoms in total. The highest BCUT2D eigenvalue weighted by atomic mass is 16.2. The molecule has 0 aliphatic heterocycles. The summed E-state index contributed by atoms with van der Waals surface area (Å²) in [6.45, 7) is 11.1. The largest absolute Gasteiger partial charge is 0.351 e.